The van der Waals surface area contributed by atoms with Crippen LogP contribution in [-0.4, -0.2) is 72.5 Å². The van der Waals surface area contributed by atoms with E-state index in [4.69, 9.17) is 19.9 Å². The van der Waals surface area contributed by atoms with Gasteiger partial charge in [-0.25, -0.2) is 14.5 Å². The van der Waals surface area contributed by atoms with Crippen molar-refractivity contribution in [2.45, 2.75) is 32.9 Å². The number of fused-ring (bicyclic) bond motifs is 1. The minimum absolute atomic E-state index is 0.191. The number of aromatic amines is 1. The zero-order valence-corrected chi connectivity index (χ0v) is 19.7. The zero-order valence-electron chi connectivity index (χ0n) is 19.7. The standard InChI is InChI=1S/C24H25N9O2/c1-14-13-35-9-8-31(14)21-10-20(33-24(28-21)18(12-27-33)19-6-7-26-29-19)23-15(2)30-32(16(23)3)17-4-5-22(34)25-11-17/h4-7,10-12,14,17H,8-9,13H2,1-3H3,(H,26,29)/t14-,17?/m1/s1. The first kappa shape index (κ1) is 21.4. The van der Waals surface area contributed by atoms with Crippen LogP contribution in [0.25, 0.3) is 28.2 Å². The summed E-state index contributed by atoms with van der Waals surface area (Å²) in [4.78, 5) is 22.8. The molecular weight excluding hydrogens is 446 g/mol. The van der Waals surface area contributed by atoms with Gasteiger partial charge in [-0.2, -0.15) is 15.3 Å². The number of dihydropyridines is 1. The molecule has 0 aromatic carbocycles. The van der Waals surface area contributed by atoms with Gasteiger partial charge in [-0.15, -0.1) is 0 Å². The Morgan fingerprint density at radius 2 is 2.14 bits per heavy atom. The molecule has 35 heavy (non-hydrogen) atoms. The fraction of sp³-hybridized carbons (Fsp3) is 0.333. The maximum atomic E-state index is 11.5. The highest BCUT2D eigenvalue weighted by molar-refractivity contribution is 5.97. The number of hydrogen-bond acceptors (Lipinski definition) is 7. The van der Waals surface area contributed by atoms with E-state index in [1.54, 1.807) is 12.4 Å². The number of morpholine rings is 1. The Balaban J connectivity index is 1.56. The van der Waals surface area contributed by atoms with Gasteiger partial charge in [0.15, 0.2) is 5.65 Å². The molecule has 0 saturated carbocycles. The minimum Gasteiger partial charge on any atom is -0.377 e. The number of carbonyl (C=O) groups excluding carboxylic acids is 1. The summed E-state index contributed by atoms with van der Waals surface area (Å²) in [7, 11) is 0. The first-order valence-corrected chi connectivity index (χ1v) is 11.6. The van der Waals surface area contributed by atoms with Crippen molar-refractivity contribution in [3.8, 4) is 22.5 Å². The van der Waals surface area contributed by atoms with E-state index in [1.165, 1.54) is 6.08 Å². The largest absolute Gasteiger partial charge is 0.377 e. The van der Waals surface area contributed by atoms with E-state index in [9.17, 15) is 4.79 Å². The Morgan fingerprint density at radius 1 is 1.26 bits per heavy atom. The number of allylic oxidation sites excluding steroid dienone is 1. The Bertz CT molecular complexity index is 1460. The van der Waals surface area contributed by atoms with Crippen LogP contribution in [0.15, 0.2) is 41.7 Å². The van der Waals surface area contributed by atoms with Crippen LogP contribution >= 0.6 is 0 Å². The number of aromatic nitrogens is 7. The summed E-state index contributed by atoms with van der Waals surface area (Å²) in [6, 6.07) is 3.95. The third-order valence-corrected chi connectivity index (χ3v) is 6.57. The highest BCUT2D eigenvalue weighted by atomic mass is 16.5. The molecule has 1 N–H and O–H groups in total. The number of carbonyl (C=O) groups is 1. The number of ether oxygens (including phenoxy) is 1. The molecule has 2 aliphatic heterocycles. The Kier molecular flexibility index (Phi) is 5.06. The number of anilines is 1. The molecule has 2 atom stereocenters. The fourth-order valence-corrected chi connectivity index (χ4v) is 4.83. The Labute approximate surface area is 201 Å². The lowest BCUT2D eigenvalue weighted by Gasteiger charge is -2.34. The van der Waals surface area contributed by atoms with Gasteiger partial charge in [-0.3, -0.25) is 14.6 Å². The van der Waals surface area contributed by atoms with Gasteiger partial charge in [0.2, 0.25) is 0 Å². The molecule has 0 aliphatic carbocycles. The molecule has 178 valence electrons. The number of H-pyrrole nitrogens is 1. The van der Waals surface area contributed by atoms with Gasteiger partial charge >= 0.3 is 0 Å². The fourth-order valence-electron chi connectivity index (χ4n) is 4.83. The molecule has 6 heterocycles. The highest BCUT2D eigenvalue weighted by Crippen LogP contribution is 2.34. The summed E-state index contributed by atoms with van der Waals surface area (Å²) in [5, 5.41) is 16.7. The first-order chi connectivity index (χ1) is 17.0. The lowest BCUT2D eigenvalue weighted by molar-refractivity contribution is -0.113. The van der Waals surface area contributed by atoms with Gasteiger partial charge in [0.1, 0.15) is 11.9 Å². The highest BCUT2D eigenvalue weighted by Gasteiger charge is 2.26. The van der Waals surface area contributed by atoms with Crippen molar-refractivity contribution < 1.29 is 9.53 Å². The SMILES string of the molecule is Cc1nn(C2C=CC(=O)N=C2)c(C)c1-c1cc(N2CCOC[C@H]2C)nc2c(-c3ccn[nH]3)cnn12. The van der Waals surface area contributed by atoms with Crippen LogP contribution < -0.4 is 4.90 Å². The van der Waals surface area contributed by atoms with Crippen molar-refractivity contribution in [1.29, 1.82) is 0 Å². The Morgan fingerprint density at radius 3 is 2.89 bits per heavy atom. The predicted octanol–water partition coefficient (Wildman–Crippen LogP) is 2.53. The number of aliphatic imine (C=N–C) groups is 1. The van der Waals surface area contributed by atoms with Crippen molar-refractivity contribution in [2.75, 3.05) is 24.7 Å². The van der Waals surface area contributed by atoms with Crippen LogP contribution in [0, 0.1) is 13.8 Å². The topological polar surface area (TPSA) is 119 Å². The van der Waals surface area contributed by atoms with Crippen molar-refractivity contribution in [3.05, 3.63) is 48.1 Å². The van der Waals surface area contributed by atoms with Gasteiger partial charge < -0.3 is 9.64 Å². The molecular formula is C24H25N9O2. The average Bonchev–Trinajstić information content (AvgIpc) is 3.59. The van der Waals surface area contributed by atoms with Gasteiger partial charge in [0, 0.05) is 42.4 Å². The molecule has 11 heteroatoms. The molecule has 4 aromatic heterocycles. The van der Waals surface area contributed by atoms with E-state index >= 15 is 0 Å². The molecule has 2 aliphatic rings. The van der Waals surface area contributed by atoms with Crippen LogP contribution in [0.1, 0.15) is 24.4 Å². The number of amides is 1. The normalized spacial score (nSPS) is 20.3. The lowest BCUT2D eigenvalue weighted by atomic mass is 10.1. The molecule has 0 radical (unpaired) electrons. The lowest BCUT2D eigenvalue weighted by Crippen LogP contribution is -2.44. The minimum atomic E-state index is -0.258. The van der Waals surface area contributed by atoms with E-state index in [0.717, 1.165) is 51.9 Å². The summed E-state index contributed by atoms with van der Waals surface area (Å²) in [6.07, 6.45) is 8.44. The van der Waals surface area contributed by atoms with Crippen LogP contribution in [0.5, 0.6) is 0 Å². The maximum Gasteiger partial charge on any atom is 0.269 e. The summed E-state index contributed by atoms with van der Waals surface area (Å²) >= 11 is 0. The number of rotatable bonds is 4. The van der Waals surface area contributed by atoms with Crippen molar-refractivity contribution in [2.24, 2.45) is 4.99 Å². The van der Waals surface area contributed by atoms with E-state index in [0.29, 0.717) is 13.2 Å². The van der Waals surface area contributed by atoms with Crippen LogP contribution in [0.4, 0.5) is 5.82 Å². The predicted molar refractivity (Wildman–Crippen MR) is 131 cm³/mol. The number of hydrogen-bond donors (Lipinski definition) is 1. The van der Waals surface area contributed by atoms with Crippen molar-refractivity contribution in [1.82, 2.24) is 34.6 Å². The molecule has 1 saturated heterocycles. The van der Waals surface area contributed by atoms with Crippen LogP contribution in [0.2, 0.25) is 0 Å². The van der Waals surface area contributed by atoms with Gasteiger partial charge in [0.25, 0.3) is 5.91 Å². The number of nitrogens with zero attached hydrogens (tertiary/aromatic N) is 8. The molecule has 0 bridgehead atoms. The van der Waals surface area contributed by atoms with Gasteiger partial charge in [-0.1, -0.05) is 0 Å². The second-order valence-electron chi connectivity index (χ2n) is 8.84. The van der Waals surface area contributed by atoms with E-state index in [-0.39, 0.29) is 18.0 Å². The van der Waals surface area contributed by atoms with Crippen molar-refractivity contribution in [3.63, 3.8) is 0 Å². The molecule has 1 fully saturated rings. The quantitative estimate of drug-likeness (QED) is 0.486. The summed E-state index contributed by atoms with van der Waals surface area (Å²) in [5.74, 6) is 0.604. The Hall–Kier alpha value is -4.12. The van der Waals surface area contributed by atoms with E-state index in [1.807, 2.05) is 41.4 Å². The van der Waals surface area contributed by atoms with Crippen LogP contribution in [-0.2, 0) is 9.53 Å². The third kappa shape index (κ3) is 3.55. The second-order valence-corrected chi connectivity index (χ2v) is 8.84. The molecule has 1 amide bonds. The van der Waals surface area contributed by atoms with E-state index < -0.39 is 0 Å². The molecule has 1 unspecified atom stereocenters. The summed E-state index contributed by atoms with van der Waals surface area (Å²) < 4.78 is 9.41. The smallest absolute Gasteiger partial charge is 0.269 e. The molecule has 4 aromatic rings. The molecule has 11 nitrogen and oxygen atoms in total. The van der Waals surface area contributed by atoms with E-state index in [2.05, 4.69) is 33.1 Å². The van der Waals surface area contributed by atoms with Crippen molar-refractivity contribution >= 4 is 23.6 Å². The van der Waals surface area contributed by atoms with Gasteiger partial charge in [-0.05, 0) is 32.9 Å². The zero-order chi connectivity index (χ0) is 24.1. The summed E-state index contributed by atoms with van der Waals surface area (Å²) in [6.45, 7) is 8.21. The maximum absolute atomic E-state index is 11.5. The summed E-state index contributed by atoms with van der Waals surface area (Å²) in [5.41, 5.74) is 6.12. The first-order valence-electron chi connectivity index (χ1n) is 11.6. The van der Waals surface area contributed by atoms with Crippen LogP contribution in [0.3, 0.4) is 0 Å². The molecule has 6 rings (SSSR count). The third-order valence-electron chi connectivity index (χ3n) is 6.57. The number of aryl methyl sites for hydroxylation is 1. The second kappa shape index (κ2) is 8.27. The average molecular weight is 472 g/mol. The monoisotopic (exact) mass is 471 g/mol. The number of nitrogens with one attached hydrogen (secondary N) is 1. The molecule has 0 spiro atoms. The van der Waals surface area contributed by atoms with Gasteiger partial charge in [0.05, 0.1) is 48.1 Å².